The summed E-state index contributed by atoms with van der Waals surface area (Å²) in [6.45, 7) is 9.58. The Morgan fingerprint density at radius 1 is 1.29 bits per heavy atom. The van der Waals surface area contributed by atoms with Crippen LogP contribution in [0.2, 0.25) is 0 Å². The number of hydrogen-bond acceptors (Lipinski definition) is 3. The topological polar surface area (TPSA) is 32.3 Å². The molecule has 1 aliphatic rings. The van der Waals surface area contributed by atoms with Gasteiger partial charge in [0, 0.05) is 16.3 Å². The molecule has 1 aliphatic heterocycles. The van der Waals surface area contributed by atoms with E-state index in [0.29, 0.717) is 11.8 Å². The summed E-state index contributed by atoms with van der Waals surface area (Å²) in [4.78, 5) is 17.4. The zero-order valence-corrected chi connectivity index (χ0v) is 14.5. The summed E-state index contributed by atoms with van der Waals surface area (Å²) in [6, 6.07) is 4.31. The predicted octanol–water partition coefficient (Wildman–Crippen LogP) is 4.09. The van der Waals surface area contributed by atoms with Crippen molar-refractivity contribution in [2.24, 2.45) is 5.92 Å². The molecule has 1 aromatic rings. The maximum Gasteiger partial charge on any atom is 0.241 e. The van der Waals surface area contributed by atoms with Crippen molar-refractivity contribution in [1.29, 1.82) is 0 Å². The minimum Gasteiger partial charge on any atom is -0.320 e. The van der Waals surface area contributed by atoms with Gasteiger partial charge in [0.25, 0.3) is 0 Å². The lowest BCUT2D eigenvalue weighted by molar-refractivity contribution is -0.130. The molecule has 1 fully saturated rings. The van der Waals surface area contributed by atoms with Crippen molar-refractivity contribution in [3.05, 3.63) is 21.9 Å². The maximum absolute atomic E-state index is 12.7. The maximum atomic E-state index is 12.7. The number of hydrogen-bond donors (Lipinski definition) is 1. The first-order chi connectivity index (χ1) is 10.1. The van der Waals surface area contributed by atoms with Gasteiger partial charge in [-0.2, -0.15) is 0 Å². The largest absolute Gasteiger partial charge is 0.320 e. The van der Waals surface area contributed by atoms with Crippen molar-refractivity contribution in [1.82, 2.24) is 10.2 Å². The van der Waals surface area contributed by atoms with Crippen LogP contribution in [0.1, 0.15) is 62.4 Å². The molecule has 2 rings (SSSR count). The number of rotatable bonds is 7. The summed E-state index contributed by atoms with van der Waals surface area (Å²) < 4.78 is 0. The minimum atomic E-state index is -0.00299. The number of carbonyl (C=O) groups excluding carboxylic acids is 1. The molecule has 21 heavy (non-hydrogen) atoms. The molecule has 2 heterocycles. The van der Waals surface area contributed by atoms with Gasteiger partial charge < -0.3 is 4.90 Å². The monoisotopic (exact) mass is 308 g/mol. The summed E-state index contributed by atoms with van der Waals surface area (Å²) in [7, 11) is 0. The molecular weight excluding hydrogens is 280 g/mol. The van der Waals surface area contributed by atoms with E-state index < -0.39 is 0 Å². The van der Waals surface area contributed by atoms with Crippen LogP contribution in [-0.4, -0.2) is 23.4 Å². The molecule has 0 aliphatic carbocycles. The number of thiophene rings is 1. The lowest BCUT2D eigenvalue weighted by Gasteiger charge is -2.27. The van der Waals surface area contributed by atoms with Crippen molar-refractivity contribution in [2.45, 2.75) is 65.6 Å². The number of carbonyl (C=O) groups is 1. The fourth-order valence-corrected chi connectivity index (χ4v) is 3.98. The van der Waals surface area contributed by atoms with E-state index in [4.69, 9.17) is 0 Å². The van der Waals surface area contributed by atoms with Gasteiger partial charge in [-0.1, -0.05) is 40.0 Å². The molecule has 2 atom stereocenters. The van der Waals surface area contributed by atoms with E-state index in [1.807, 2.05) is 0 Å². The van der Waals surface area contributed by atoms with Gasteiger partial charge >= 0.3 is 0 Å². The van der Waals surface area contributed by atoms with Crippen molar-refractivity contribution in [3.8, 4) is 0 Å². The van der Waals surface area contributed by atoms with Crippen LogP contribution in [0, 0.1) is 12.8 Å². The Morgan fingerprint density at radius 3 is 2.52 bits per heavy atom. The minimum absolute atomic E-state index is 0.00299. The Balaban J connectivity index is 2.20. The highest BCUT2D eigenvalue weighted by Gasteiger charge is 2.40. The lowest BCUT2D eigenvalue weighted by atomic mass is 10.0. The summed E-state index contributed by atoms with van der Waals surface area (Å²) in [5.41, 5.74) is 0. The number of aryl methyl sites for hydroxylation is 1. The van der Waals surface area contributed by atoms with E-state index in [1.54, 1.807) is 11.3 Å². The van der Waals surface area contributed by atoms with E-state index in [9.17, 15) is 4.79 Å². The average Bonchev–Trinajstić information content (AvgIpc) is 3.02. The van der Waals surface area contributed by atoms with Gasteiger partial charge in [-0.3, -0.25) is 10.1 Å². The summed E-state index contributed by atoms with van der Waals surface area (Å²) in [6.07, 6.45) is 4.31. The highest BCUT2D eigenvalue weighted by molar-refractivity contribution is 7.12. The van der Waals surface area contributed by atoms with Crippen molar-refractivity contribution in [3.63, 3.8) is 0 Å². The second-order valence-electron chi connectivity index (χ2n) is 6.03. The normalized spacial score (nSPS) is 22.5. The molecule has 3 nitrogen and oxygen atoms in total. The molecule has 1 saturated heterocycles. The highest BCUT2D eigenvalue weighted by atomic mass is 32.1. The lowest BCUT2D eigenvalue weighted by Crippen LogP contribution is -2.35. The molecule has 0 spiro atoms. The molecule has 0 saturated carbocycles. The van der Waals surface area contributed by atoms with Gasteiger partial charge in [-0.15, -0.1) is 11.3 Å². The van der Waals surface area contributed by atoms with E-state index in [-0.39, 0.29) is 12.2 Å². The summed E-state index contributed by atoms with van der Waals surface area (Å²) in [5.74, 6) is 0.888. The fraction of sp³-hybridized carbons (Fsp3) is 0.706. The van der Waals surface area contributed by atoms with E-state index in [1.165, 1.54) is 9.75 Å². The van der Waals surface area contributed by atoms with Crippen LogP contribution in [0.25, 0.3) is 0 Å². The Labute approximate surface area is 132 Å². The van der Waals surface area contributed by atoms with Crippen LogP contribution < -0.4 is 5.32 Å². The van der Waals surface area contributed by atoms with Gasteiger partial charge in [-0.05, 0) is 31.4 Å². The molecule has 1 aromatic heterocycles. The fourth-order valence-electron chi connectivity index (χ4n) is 3.03. The van der Waals surface area contributed by atoms with Gasteiger partial charge in [0.15, 0.2) is 0 Å². The quantitative estimate of drug-likeness (QED) is 0.823. The van der Waals surface area contributed by atoms with E-state index in [2.05, 4.69) is 50.0 Å². The molecule has 118 valence electrons. The van der Waals surface area contributed by atoms with Gasteiger partial charge in [-0.25, -0.2) is 0 Å². The van der Waals surface area contributed by atoms with Crippen LogP contribution in [-0.2, 0) is 4.79 Å². The number of nitrogens with one attached hydrogen (secondary N) is 1. The van der Waals surface area contributed by atoms with Crippen LogP contribution in [0.3, 0.4) is 0 Å². The Morgan fingerprint density at radius 2 is 2.00 bits per heavy atom. The molecule has 2 unspecified atom stereocenters. The molecule has 0 aromatic carbocycles. The summed E-state index contributed by atoms with van der Waals surface area (Å²) in [5, 5.41) is 3.56. The number of nitrogens with zero attached hydrogens (tertiary/aromatic N) is 1. The molecule has 0 bridgehead atoms. The van der Waals surface area contributed by atoms with Crippen LogP contribution in [0.15, 0.2) is 12.1 Å². The van der Waals surface area contributed by atoms with Crippen LogP contribution in [0.5, 0.6) is 0 Å². The third-order valence-electron chi connectivity index (χ3n) is 4.47. The van der Waals surface area contributed by atoms with Gasteiger partial charge in [0.1, 0.15) is 6.17 Å². The van der Waals surface area contributed by atoms with Crippen LogP contribution in [0.4, 0.5) is 0 Å². The van der Waals surface area contributed by atoms with E-state index in [0.717, 1.165) is 32.2 Å². The molecular formula is C17H28N2OS. The second-order valence-corrected chi connectivity index (χ2v) is 7.35. The molecule has 1 N–H and O–H groups in total. The van der Waals surface area contributed by atoms with Crippen LogP contribution >= 0.6 is 11.3 Å². The highest BCUT2D eigenvalue weighted by Crippen LogP contribution is 2.32. The van der Waals surface area contributed by atoms with Gasteiger partial charge in [0.05, 0.1) is 6.04 Å². The SMILES string of the molecule is CCCC1NC(c2ccc(C)s2)N(CC(CC)CC)C1=O. The second kappa shape index (κ2) is 7.41. The average molecular weight is 308 g/mol. The Kier molecular flexibility index (Phi) is 5.82. The predicted molar refractivity (Wildman–Crippen MR) is 89.4 cm³/mol. The molecule has 1 amide bonds. The van der Waals surface area contributed by atoms with Crippen molar-refractivity contribution >= 4 is 17.2 Å². The van der Waals surface area contributed by atoms with E-state index >= 15 is 0 Å². The van der Waals surface area contributed by atoms with Gasteiger partial charge in [0.2, 0.25) is 5.91 Å². The first-order valence-electron chi connectivity index (χ1n) is 8.23. The third kappa shape index (κ3) is 3.67. The number of amides is 1. The smallest absolute Gasteiger partial charge is 0.241 e. The summed E-state index contributed by atoms with van der Waals surface area (Å²) >= 11 is 1.80. The standard InChI is InChI=1S/C17H28N2OS/c1-5-8-14-17(20)19(11-13(6-2)7-3)16(18-14)15-10-9-12(4)21-15/h9-10,13-14,16,18H,5-8,11H2,1-4H3. The molecule has 4 heteroatoms. The Bertz CT molecular complexity index is 467. The molecule has 0 radical (unpaired) electrons. The van der Waals surface area contributed by atoms with Crippen molar-refractivity contribution < 1.29 is 4.79 Å². The third-order valence-corrected chi connectivity index (χ3v) is 5.52. The van der Waals surface area contributed by atoms with Crippen molar-refractivity contribution in [2.75, 3.05) is 6.54 Å². The first kappa shape index (κ1) is 16.5. The zero-order chi connectivity index (χ0) is 15.4. The zero-order valence-electron chi connectivity index (χ0n) is 13.7. The Hall–Kier alpha value is -0.870. The first-order valence-corrected chi connectivity index (χ1v) is 9.05.